The van der Waals surface area contributed by atoms with Gasteiger partial charge in [0.25, 0.3) is 0 Å². The van der Waals surface area contributed by atoms with E-state index in [1.807, 2.05) is 0 Å². The highest BCUT2D eigenvalue weighted by Gasteiger charge is 2.20. The van der Waals surface area contributed by atoms with E-state index in [0.717, 1.165) is 57.1 Å². The quantitative estimate of drug-likeness (QED) is 0.795. The fourth-order valence-electron chi connectivity index (χ4n) is 4.49. The third kappa shape index (κ3) is 5.21. The highest BCUT2D eigenvalue weighted by atomic mass is 16.2. The number of hydrogen-bond donors (Lipinski definition) is 1. The molecule has 2 aliphatic rings. The first-order valence-electron chi connectivity index (χ1n) is 11.2. The largest absolute Gasteiger partial charge is 0.372 e. The first kappa shape index (κ1) is 20.9. The normalized spacial score (nSPS) is 18.0. The van der Waals surface area contributed by atoms with Gasteiger partial charge in [-0.3, -0.25) is 14.6 Å². The summed E-state index contributed by atoms with van der Waals surface area (Å²) in [5.74, 6) is 0.0828. The number of nitrogens with zero attached hydrogens (tertiary/aromatic N) is 3. The minimum absolute atomic E-state index is 0.0828. The number of piperazine rings is 1. The van der Waals surface area contributed by atoms with Crippen LogP contribution in [0.4, 0.5) is 11.4 Å². The maximum Gasteiger partial charge on any atom is 0.238 e. The number of benzene rings is 2. The van der Waals surface area contributed by atoms with Gasteiger partial charge in [-0.2, -0.15) is 0 Å². The summed E-state index contributed by atoms with van der Waals surface area (Å²) in [6, 6.07) is 15.0. The molecule has 1 amide bonds. The number of carbonyl (C=O) groups excluding carboxylic acids is 1. The first-order chi connectivity index (χ1) is 14.6. The summed E-state index contributed by atoms with van der Waals surface area (Å²) in [5.41, 5.74) is 6.09. The Morgan fingerprint density at radius 1 is 0.867 bits per heavy atom. The third-order valence-electron chi connectivity index (χ3n) is 6.44. The van der Waals surface area contributed by atoms with Crippen LogP contribution in [0.2, 0.25) is 0 Å². The monoisotopic (exact) mass is 406 g/mol. The Labute approximate surface area is 180 Å². The van der Waals surface area contributed by atoms with E-state index in [4.69, 9.17) is 0 Å². The summed E-state index contributed by atoms with van der Waals surface area (Å²) in [6.07, 6.45) is 2.55. The lowest BCUT2D eigenvalue weighted by atomic mass is 10.1. The molecular formula is C25H34N4O. The van der Waals surface area contributed by atoms with Gasteiger partial charge in [-0.1, -0.05) is 24.3 Å². The van der Waals surface area contributed by atoms with Crippen LogP contribution in [0.25, 0.3) is 0 Å². The van der Waals surface area contributed by atoms with E-state index in [-0.39, 0.29) is 5.91 Å². The molecule has 0 aromatic heterocycles. The van der Waals surface area contributed by atoms with E-state index in [9.17, 15) is 4.79 Å². The van der Waals surface area contributed by atoms with E-state index in [2.05, 4.69) is 76.3 Å². The highest BCUT2D eigenvalue weighted by molar-refractivity contribution is 5.93. The van der Waals surface area contributed by atoms with Crippen molar-refractivity contribution in [2.45, 2.75) is 33.2 Å². The van der Waals surface area contributed by atoms with Gasteiger partial charge in [0.05, 0.1) is 6.54 Å². The molecule has 0 radical (unpaired) electrons. The minimum Gasteiger partial charge on any atom is -0.372 e. The molecule has 0 saturated carbocycles. The molecule has 2 saturated heterocycles. The van der Waals surface area contributed by atoms with Gasteiger partial charge in [-0.25, -0.2) is 0 Å². The fraction of sp³-hybridized carbons (Fsp3) is 0.480. The van der Waals surface area contributed by atoms with Crippen LogP contribution in [0.5, 0.6) is 0 Å². The van der Waals surface area contributed by atoms with E-state index in [0.29, 0.717) is 6.54 Å². The zero-order valence-corrected chi connectivity index (χ0v) is 18.4. The van der Waals surface area contributed by atoms with Crippen molar-refractivity contribution in [3.8, 4) is 0 Å². The maximum atomic E-state index is 12.6. The van der Waals surface area contributed by atoms with Crippen LogP contribution in [0.3, 0.4) is 0 Å². The second-order valence-electron chi connectivity index (χ2n) is 8.72. The second-order valence-corrected chi connectivity index (χ2v) is 8.72. The van der Waals surface area contributed by atoms with Crippen LogP contribution in [0, 0.1) is 13.8 Å². The zero-order valence-electron chi connectivity index (χ0n) is 18.4. The van der Waals surface area contributed by atoms with Crippen molar-refractivity contribution in [1.82, 2.24) is 9.80 Å². The maximum absolute atomic E-state index is 12.6. The second kappa shape index (κ2) is 9.63. The molecule has 2 fully saturated rings. The molecule has 30 heavy (non-hydrogen) atoms. The Kier molecular flexibility index (Phi) is 6.70. The average Bonchev–Trinajstić information content (AvgIpc) is 3.27. The fourth-order valence-corrected chi connectivity index (χ4v) is 4.49. The van der Waals surface area contributed by atoms with Crippen LogP contribution < -0.4 is 10.2 Å². The molecule has 160 valence electrons. The molecule has 0 unspecified atom stereocenters. The molecule has 2 aliphatic heterocycles. The number of anilines is 2. The predicted molar refractivity (Wildman–Crippen MR) is 124 cm³/mol. The van der Waals surface area contributed by atoms with Crippen molar-refractivity contribution in [3.63, 3.8) is 0 Å². The smallest absolute Gasteiger partial charge is 0.238 e. The molecule has 0 atom stereocenters. The average molecular weight is 407 g/mol. The Bertz CT molecular complexity index is 867. The molecular weight excluding hydrogens is 372 g/mol. The summed E-state index contributed by atoms with van der Waals surface area (Å²) >= 11 is 0. The molecule has 2 heterocycles. The molecule has 1 N–H and O–H groups in total. The summed E-state index contributed by atoms with van der Waals surface area (Å²) < 4.78 is 0. The van der Waals surface area contributed by atoms with Crippen LogP contribution in [-0.4, -0.2) is 61.5 Å². The SMILES string of the molecule is Cc1ccccc1CN1CCN(CC(=O)Nc2ccc(N3CCCC3)cc2C)CC1. The molecule has 2 aromatic rings. The van der Waals surface area contributed by atoms with Gasteiger partial charge in [-0.05, 0) is 61.6 Å². The van der Waals surface area contributed by atoms with Crippen LogP contribution in [-0.2, 0) is 11.3 Å². The molecule has 5 nitrogen and oxygen atoms in total. The Morgan fingerprint density at radius 2 is 1.57 bits per heavy atom. The number of nitrogens with one attached hydrogen (secondary N) is 1. The van der Waals surface area contributed by atoms with E-state index >= 15 is 0 Å². The molecule has 0 bridgehead atoms. The lowest BCUT2D eigenvalue weighted by molar-refractivity contribution is -0.117. The minimum atomic E-state index is 0.0828. The van der Waals surface area contributed by atoms with Crippen molar-refractivity contribution in [2.24, 2.45) is 0 Å². The van der Waals surface area contributed by atoms with Gasteiger partial charge in [-0.15, -0.1) is 0 Å². The topological polar surface area (TPSA) is 38.8 Å². The standard InChI is InChI=1S/C25H34N4O/c1-20-7-3-4-8-22(20)18-27-13-15-28(16-14-27)19-25(30)26-24-10-9-23(17-21(24)2)29-11-5-6-12-29/h3-4,7-10,17H,5-6,11-16,18-19H2,1-2H3,(H,26,30). The molecule has 5 heteroatoms. The summed E-state index contributed by atoms with van der Waals surface area (Å²) in [4.78, 5) is 19.8. The van der Waals surface area contributed by atoms with Crippen molar-refractivity contribution in [1.29, 1.82) is 0 Å². The molecule has 2 aromatic carbocycles. The van der Waals surface area contributed by atoms with Crippen molar-refractivity contribution in [3.05, 3.63) is 59.2 Å². The van der Waals surface area contributed by atoms with Crippen LogP contribution in [0.15, 0.2) is 42.5 Å². The molecule has 0 spiro atoms. The molecule has 0 aliphatic carbocycles. The van der Waals surface area contributed by atoms with Gasteiger partial charge < -0.3 is 10.2 Å². The van der Waals surface area contributed by atoms with Crippen LogP contribution in [0.1, 0.15) is 29.5 Å². The van der Waals surface area contributed by atoms with Gasteiger partial charge in [0.15, 0.2) is 0 Å². The van der Waals surface area contributed by atoms with E-state index in [1.165, 1.54) is 29.7 Å². The number of amides is 1. The zero-order chi connectivity index (χ0) is 20.9. The van der Waals surface area contributed by atoms with E-state index in [1.54, 1.807) is 0 Å². The summed E-state index contributed by atoms with van der Waals surface area (Å²) in [6.45, 7) is 11.9. The number of rotatable bonds is 6. The Hall–Kier alpha value is -2.37. The number of carbonyl (C=O) groups is 1. The summed E-state index contributed by atoms with van der Waals surface area (Å²) in [5, 5.41) is 3.12. The summed E-state index contributed by atoms with van der Waals surface area (Å²) in [7, 11) is 0. The highest BCUT2D eigenvalue weighted by Crippen LogP contribution is 2.25. The van der Waals surface area contributed by atoms with Gasteiger partial charge >= 0.3 is 0 Å². The van der Waals surface area contributed by atoms with Crippen molar-refractivity contribution in [2.75, 3.05) is 56.0 Å². The molecule has 4 rings (SSSR count). The predicted octanol–water partition coefficient (Wildman–Crippen LogP) is 3.66. The Balaban J connectivity index is 1.24. The Morgan fingerprint density at radius 3 is 2.27 bits per heavy atom. The number of hydrogen-bond acceptors (Lipinski definition) is 4. The first-order valence-corrected chi connectivity index (χ1v) is 11.2. The van der Waals surface area contributed by atoms with Gasteiger partial charge in [0, 0.05) is 57.2 Å². The lowest BCUT2D eigenvalue weighted by Gasteiger charge is -2.34. The van der Waals surface area contributed by atoms with Crippen molar-refractivity contribution < 1.29 is 4.79 Å². The number of aryl methyl sites for hydroxylation is 2. The van der Waals surface area contributed by atoms with Gasteiger partial charge in [0.2, 0.25) is 5.91 Å². The van der Waals surface area contributed by atoms with Gasteiger partial charge in [0.1, 0.15) is 0 Å². The third-order valence-corrected chi connectivity index (χ3v) is 6.44. The van der Waals surface area contributed by atoms with Crippen molar-refractivity contribution >= 4 is 17.3 Å². The van der Waals surface area contributed by atoms with Crippen LogP contribution >= 0.6 is 0 Å². The van der Waals surface area contributed by atoms with E-state index < -0.39 is 0 Å². The lowest BCUT2D eigenvalue weighted by Crippen LogP contribution is -2.48.